The van der Waals surface area contributed by atoms with Gasteiger partial charge in [0.15, 0.2) is 0 Å². The molecule has 0 spiro atoms. The fourth-order valence-electron chi connectivity index (χ4n) is 1.39. The van der Waals surface area contributed by atoms with Gasteiger partial charge in [-0.25, -0.2) is 18.1 Å². The predicted molar refractivity (Wildman–Crippen MR) is 64.3 cm³/mol. The van der Waals surface area contributed by atoms with Crippen LogP contribution in [-0.4, -0.2) is 47.4 Å². The third kappa shape index (κ3) is 4.43. The van der Waals surface area contributed by atoms with Crippen molar-refractivity contribution in [2.45, 2.75) is 12.5 Å². The molecule has 0 bridgehead atoms. The zero-order valence-corrected chi connectivity index (χ0v) is 10.7. The highest BCUT2D eigenvalue weighted by molar-refractivity contribution is 7.89. The molecule has 4 N–H and O–H groups in total. The molecule has 0 fully saturated rings. The first-order valence-corrected chi connectivity index (χ1v) is 6.89. The second kappa shape index (κ2) is 5.94. The minimum atomic E-state index is -3.68. The molecule has 102 valence electrons. The van der Waals surface area contributed by atoms with Crippen molar-refractivity contribution in [2.24, 2.45) is 12.8 Å². The molecule has 0 saturated carbocycles. The summed E-state index contributed by atoms with van der Waals surface area (Å²) in [4.78, 5) is 15.0. The molecule has 0 aromatic carbocycles. The van der Waals surface area contributed by atoms with E-state index in [9.17, 15) is 13.2 Å². The van der Waals surface area contributed by atoms with Gasteiger partial charge in [-0.1, -0.05) is 0 Å². The zero-order chi connectivity index (χ0) is 13.8. The number of aromatic nitrogens is 2. The first-order valence-electron chi connectivity index (χ1n) is 5.24. The van der Waals surface area contributed by atoms with Gasteiger partial charge in [-0.05, 0) is 0 Å². The summed E-state index contributed by atoms with van der Waals surface area (Å²) in [6.45, 7) is -0.0642. The number of imidazole rings is 1. The van der Waals surface area contributed by atoms with Crippen LogP contribution in [0.5, 0.6) is 0 Å². The van der Waals surface area contributed by atoms with E-state index in [0.717, 1.165) is 0 Å². The van der Waals surface area contributed by atoms with Crippen LogP contribution < -0.4 is 10.5 Å². The Morgan fingerprint density at radius 1 is 1.67 bits per heavy atom. The maximum Gasteiger partial charge on any atom is 0.322 e. The minimum absolute atomic E-state index is 0.0139. The molecule has 9 heteroatoms. The molecule has 0 radical (unpaired) electrons. The lowest BCUT2D eigenvalue weighted by molar-refractivity contribution is -0.138. The van der Waals surface area contributed by atoms with Gasteiger partial charge in [-0.15, -0.1) is 0 Å². The zero-order valence-electron chi connectivity index (χ0n) is 9.91. The number of aliphatic carboxylic acids is 1. The van der Waals surface area contributed by atoms with Gasteiger partial charge < -0.3 is 15.4 Å². The molecule has 1 aromatic rings. The van der Waals surface area contributed by atoms with Crippen LogP contribution in [0.3, 0.4) is 0 Å². The monoisotopic (exact) mass is 276 g/mol. The van der Waals surface area contributed by atoms with Crippen LogP contribution in [0.1, 0.15) is 5.69 Å². The smallest absolute Gasteiger partial charge is 0.322 e. The first kappa shape index (κ1) is 14.6. The highest BCUT2D eigenvalue weighted by Crippen LogP contribution is 2.02. The topological polar surface area (TPSA) is 127 Å². The third-order valence-corrected chi connectivity index (χ3v) is 3.59. The number of rotatable bonds is 7. The van der Waals surface area contributed by atoms with Crippen molar-refractivity contribution in [3.8, 4) is 0 Å². The normalized spacial score (nSPS) is 13.4. The molecule has 0 aliphatic rings. The average molecular weight is 276 g/mol. The Morgan fingerprint density at radius 2 is 2.33 bits per heavy atom. The number of nitrogens with two attached hydrogens (primary N) is 1. The minimum Gasteiger partial charge on any atom is -0.480 e. The fourth-order valence-corrected chi connectivity index (χ4v) is 2.44. The van der Waals surface area contributed by atoms with E-state index in [1.165, 1.54) is 6.33 Å². The van der Waals surface area contributed by atoms with Crippen molar-refractivity contribution in [3.63, 3.8) is 0 Å². The molecule has 0 saturated heterocycles. The number of hydrogen-bond donors (Lipinski definition) is 3. The third-order valence-electron chi connectivity index (χ3n) is 2.18. The molecule has 0 amide bonds. The fraction of sp³-hybridized carbons (Fsp3) is 0.556. The molecule has 1 atom stereocenters. The predicted octanol–water partition coefficient (Wildman–Crippen LogP) is -1.71. The highest BCUT2D eigenvalue weighted by atomic mass is 32.2. The second-order valence-corrected chi connectivity index (χ2v) is 5.72. The van der Waals surface area contributed by atoms with Gasteiger partial charge in [0, 0.05) is 26.2 Å². The number of carboxylic acids is 1. The Labute approximate surface area is 105 Å². The van der Waals surface area contributed by atoms with Crippen molar-refractivity contribution in [2.75, 3.05) is 12.3 Å². The SMILES string of the molecule is Cn1cnc(C[C@H](NS(=O)(=O)CCN)C(=O)O)c1. The summed E-state index contributed by atoms with van der Waals surface area (Å²) >= 11 is 0. The molecule has 18 heavy (non-hydrogen) atoms. The summed E-state index contributed by atoms with van der Waals surface area (Å²) < 4.78 is 26.7. The summed E-state index contributed by atoms with van der Waals surface area (Å²) in [6.07, 6.45) is 3.13. The molecule has 1 rings (SSSR count). The summed E-state index contributed by atoms with van der Waals surface area (Å²) in [5.41, 5.74) is 5.64. The van der Waals surface area contributed by atoms with Gasteiger partial charge in [0.2, 0.25) is 10.0 Å². The Balaban J connectivity index is 2.75. The van der Waals surface area contributed by atoms with E-state index in [-0.39, 0.29) is 18.7 Å². The standard InChI is InChI=1S/C9H16N4O4S/c1-13-5-7(11-6-13)4-8(9(14)15)12-18(16,17)3-2-10/h5-6,8,12H,2-4,10H2,1H3,(H,14,15)/t8-/m0/s1. The van der Waals surface area contributed by atoms with E-state index >= 15 is 0 Å². The van der Waals surface area contributed by atoms with E-state index in [1.807, 2.05) is 0 Å². The molecule has 0 unspecified atom stereocenters. The number of nitrogens with zero attached hydrogens (tertiary/aromatic N) is 2. The van der Waals surface area contributed by atoms with Crippen LogP contribution in [0.25, 0.3) is 0 Å². The van der Waals surface area contributed by atoms with Crippen molar-refractivity contribution in [3.05, 3.63) is 18.2 Å². The van der Waals surface area contributed by atoms with Gasteiger partial charge >= 0.3 is 5.97 Å². The number of hydrogen-bond acceptors (Lipinski definition) is 5. The molecule has 0 aliphatic carbocycles. The summed E-state index contributed by atoms with van der Waals surface area (Å²) in [5, 5.41) is 8.98. The maximum absolute atomic E-state index is 11.5. The number of nitrogens with one attached hydrogen (secondary N) is 1. The number of aryl methyl sites for hydroxylation is 1. The van der Waals surface area contributed by atoms with Crippen LogP contribution in [-0.2, 0) is 28.3 Å². The Hall–Kier alpha value is -1.45. The average Bonchev–Trinajstić information content (AvgIpc) is 2.62. The van der Waals surface area contributed by atoms with Crippen LogP contribution in [0.2, 0.25) is 0 Å². The van der Waals surface area contributed by atoms with Crippen molar-refractivity contribution < 1.29 is 18.3 Å². The lowest BCUT2D eigenvalue weighted by Gasteiger charge is -2.13. The summed E-state index contributed by atoms with van der Waals surface area (Å²) in [6, 6.07) is -1.24. The summed E-state index contributed by atoms with van der Waals surface area (Å²) in [7, 11) is -1.94. The van der Waals surface area contributed by atoms with E-state index in [4.69, 9.17) is 10.8 Å². The molecule has 1 aromatic heterocycles. The molecular weight excluding hydrogens is 260 g/mol. The van der Waals surface area contributed by atoms with Gasteiger partial charge in [-0.3, -0.25) is 4.79 Å². The lowest BCUT2D eigenvalue weighted by Crippen LogP contribution is -2.44. The van der Waals surface area contributed by atoms with E-state index in [1.54, 1.807) is 17.8 Å². The lowest BCUT2D eigenvalue weighted by atomic mass is 10.2. The molecule has 0 aliphatic heterocycles. The largest absolute Gasteiger partial charge is 0.480 e. The van der Waals surface area contributed by atoms with Crippen molar-refractivity contribution >= 4 is 16.0 Å². The summed E-state index contributed by atoms with van der Waals surface area (Å²) in [5.74, 6) is -1.56. The van der Waals surface area contributed by atoms with Crippen LogP contribution in [0.15, 0.2) is 12.5 Å². The van der Waals surface area contributed by atoms with Gasteiger partial charge in [-0.2, -0.15) is 0 Å². The van der Waals surface area contributed by atoms with Crippen molar-refractivity contribution in [1.82, 2.24) is 14.3 Å². The number of sulfonamides is 1. The van der Waals surface area contributed by atoms with Gasteiger partial charge in [0.1, 0.15) is 6.04 Å². The quantitative estimate of drug-likeness (QED) is 0.544. The van der Waals surface area contributed by atoms with Gasteiger partial charge in [0.25, 0.3) is 0 Å². The molecule has 8 nitrogen and oxygen atoms in total. The van der Waals surface area contributed by atoms with E-state index in [0.29, 0.717) is 5.69 Å². The molecule has 1 heterocycles. The van der Waals surface area contributed by atoms with Gasteiger partial charge in [0.05, 0.1) is 17.8 Å². The van der Waals surface area contributed by atoms with Crippen LogP contribution >= 0.6 is 0 Å². The van der Waals surface area contributed by atoms with Crippen LogP contribution in [0, 0.1) is 0 Å². The maximum atomic E-state index is 11.5. The highest BCUT2D eigenvalue weighted by Gasteiger charge is 2.24. The van der Waals surface area contributed by atoms with E-state index in [2.05, 4.69) is 9.71 Å². The number of carbonyl (C=O) groups is 1. The first-order chi connectivity index (χ1) is 8.34. The Kier molecular flexibility index (Phi) is 4.82. The number of carboxylic acid groups (broad SMARTS) is 1. The second-order valence-electron chi connectivity index (χ2n) is 3.85. The Bertz CT molecular complexity index is 510. The Morgan fingerprint density at radius 3 is 2.78 bits per heavy atom. The van der Waals surface area contributed by atoms with E-state index < -0.39 is 22.0 Å². The molecular formula is C9H16N4O4S. The van der Waals surface area contributed by atoms with Crippen LogP contribution in [0.4, 0.5) is 0 Å². The van der Waals surface area contributed by atoms with Crippen molar-refractivity contribution in [1.29, 1.82) is 0 Å².